The summed E-state index contributed by atoms with van der Waals surface area (Å²) in [7, 11) is 1.50. The van der Waals surface area contributed by atoms with Crippen LogP contribution in [0.3, 0.4) is 0 Å². The molecule has 7 nitrogen and oxygen atoms in total. The zero-order chi connectivity index (χ0) is 25.1. The van der Waals surface area contributed by atoms with Crippen molar-refractivity contribution < 1.29 is 33.4 Å². The summed E-state index contributed by atoms with van der Waals surface area (Å²) in [6, 6.07) is 16.7. The van der Waals surface area contributed by atoms with Gasteiger partial charge in [0.15, 0.2) is 0 Å². The lowest BCUT2D eigenvalue weighted by atomic mass is 9.95. The number of amides is 1. The van der Waals surface area contributed by atoms with Crippen LogP contribution >= 0.6 is 0 Å². The van der Waals surface area contributed by atoms with Gasteiger partial charge in [0.1, 0.15) is 17.3 Å². The second-order valence-electron chi connectivity index (χ2n) is 7.72. The number of esters is 1. The van der Waals surface area contributed by atoms with Crippen molar-refractivity contribution in [3.63, 3.8) is 0 Å². The van der Waals surface area contributed by atoms with Gasteiger partial charge in [-0.05, 0) is 73.2 Å². The minimum absolute atomic E-state index is 0.138. The van der Waals surface area contributed by atoms with E-state index in [1.165, 1.54) is 60.5 Å². The van der Waals surface area contributed by atoms with Crippen molar-refractivity contribution in [2.24, 2.45) is 0 Å². The first-order valence-electron chi connectivity index (χ1n) is 10.8. The van der Waals surface area contributed by atoms with Crippen LogP contribution in [0.5, 0.6) is 5.75 Å². The van der Waals surface area contributed by atoms with Gasteiger partial charge in [-0.1, -0.05) is 12.1 Å². The van der Waals surface area contributed by atoms with E-state index in [0.717, 1.165) is 0 Å². The molecule has 0 radical (unpaired) electrons. The molecule has 1 aliphatic heterocycles. The molecule has 0 aliphatic carbocycles. The zero-order valence-electron chi connectivity index (χ0n) is 19.0. The van der Waals surface area contributed by atoms with Crippen molar-refractivity contribution in [1.29, 1.82) is 0 Å². The highest BCUT2D eigenvalue weighted by molar-refractivity contribution is 6.51. The first-order chi connectivity index (χ1) is 16.8. The van der Waals surface area contributed by atoms with E-state index in [1.54, 1.807) is 31.2 Å². The van der Waals surface area contributed by atoms with Crippen molar-refractivity contribution in [2.45, 2.75) is 13.0 Å². The number of carbonyl (C=O) groups excluding carboxylic acids is 3. The highest BCUT2D eigenvalue weighted by Gasteiger charge is 2.47. The Morgan fingerprint density at radius 2 is 1.54 bits per heavy atom. The second kappa shape index (κ2) is 9.80. The number of anilines is 1. The number of hydrogen-bond acceptors (Lipinski definition) is 6. The Kier molecular flexibility index (Phi) is 6.64. The Hall–Kier alpha value is -4.46. The molecule has 0 bridgehead atoms. The number of halogens is 1. The molecule has 1 saturated heterocycles. The van der Waals surface area contributed by atoms with E-state index < -0.39 is 29.5 Å². The van der Waals surface area contributed by atoms with Crippen molar-refractivity contribution in [3.8, 4) is 5.75 Å². The fourth-order valence-corrected chi connectivity index (χ4v) is 3.94. The number of ketones is 1. The Balaban J connectivity index is 1.84. The first-order valence-corrected chi connectivity index (χ1v) is 10.8. The van der Waals surface area contributed by atoms with Gasteiger partial charge in [-0.15, -0.1) is 0 Å². The molecule has 1 amide bonds. The van der Waals surface area contributed by atoms with Crippen molar-refractivity contribution >= 4 is 29.1 Å². The molecule has 1 heterocycles. The van der Waals surface area contributed by atoms with Crippen LogP contribution in [-0.4, -0.2) is 36.5 Å². The molecule has 1 N–H and O–H groups in total. The average molecular weight is 475 g/mol. The Bertz CT molecular complexity index is 1300. The van der Waals surface area contributed by atoms with E-state index in [4.69, 9.17) is 9.47 Å². The fraction of sp³-hybridized carbons (Fsp3) is 0.148. The number of Topliss-reactive ketones (excluding diaryl/α,β-unsaturated/α-hetero) is 1. The SMILES string of the molecule is CCOC(=O)c1ccc(N2C(=O)C(=O)/C(=C(/O)c3ccc(OC)cc3)C2c2ccc(F)cc2)cc1. The number of aliphatic hydroxyl groups is 1. The maximum absolute atomic E-state index is 13.7. The number of ether oxygens (including phenoxy) is 2. The summed E-state index contributed by atoms with van der Waals surface area (Å²) < 4.78 is 23.8. The number of rotatable bonds is 6. The molecule has 178 valence electrons. The van der Waals surface area contributed by atoms with Gasteiger partial charge in [0.25, 0.3) is 11.7 Å². The van der Waals surface area contributed by atoms with Crippen molar-refractivity contribution in [2.75, 3.05) is 18.6 Å². The van der Waals surface area contributed by atoms with Crippen molar-refractivity contribution in [1.82, 2.24) is 0 Å². The summed E-state index contributed by atoms with van der Waals surface area (Å²) in [6.07, 6.45) is 0. The highest BCUT2D eigenvalue weighted by Crippen LogP contribution is 2.42. The number of methoxy groups -OCH3 is 1. The summed E-state index contributed by atoms with van der Waals surface area (Å²) >= 11 is 0. The van der Waals surface area contributed by atoms with E-state index in [-0.39, 0.29) is 23.5 Å². The standard InChI is InChI=1S/C27H22FNO6/c1-3-35-27(33)18-6-12-20(13-7-18)29-23(16-4-10-19(28)11-5-16)22(25(31)26(29)32)24(30)17-8-14-21(34-2)15-9-17/h4-15,23,30H,3H2,1-2H3/b24-22+. The van der Waals surface area contributed by atoms with Crippen LogP contribution in [0.2, 0.25) is 0 Å². The summed E-state index contributed by atoms with van der Waals surface area (Å²) in [5.41, 5.74) is 1.21. The van der Waals surface area contributed by atoms with E-state index in [9.17, 15) is 23.9 Å². The fourth-order valence-electron chi connectivity index (χ4n) is 3.94. The lowest BCUT2D eigenvalue weighted by Gasteiger charge is -2.25. The normalized spacial score (nSPS) is 16.9. The number of aliphatic hydroxyl groups excluding tert-OH is 1. The van der Waals surface area contributed by atoms with Crippen LogP contribution in [-0.2, 0) is 14.3 Å². The molecule has 8 heteroatoms. The van der Waals surface area contributed by atoms with Crippen molar-refractivity contribution in [3.05, 3.63) is 101 Å². The molecule has 0 saturated carbocycles. The lowest BCUT2D eigenvalue weighted by molar-refractivity contribution is -0.132. The average Bonchev–Trinajstić information content (AvgIpc) is 3.14. The molecular weight excluding hydrogens is 453 g/mol. The van der Waals surface area contributed by atoms with Crippen LogP contribution in [0, 0.1) is 5.82 Å². The number of hydrogen-bond donors (Lipinski definition) is 1. The maximum atomic E-state index is 13.7. The highest BCUT2D eigenvalue weighted by atomic mass is 19.1. The molecule has 1 unspecified atom stereocenters. The van der Waals surface area contributed by atoms with Crippen LogP contribution in [0.4, 0.5) is 10.1 Å². The van der Waals surface area contributed by atoms with Crippen LogP contribution in [0.25, 0.3) is 5.76 Å². The molecule has 1 aliphatic rings. The molecule has 1 fully saturated rings. The van der Waals surface area contributed by atoms with Gasteiger partial charge in [-0.25, -0.2) is 9.18 Å². The third-order valence-electron chi connectivity index (χ3n) is 5.65. The summed E-state index contributed by atoms with van der Waals surface area (Å²) in [5.74, 6) is -2.57. The molecule has 3 aromatic carbocycles. The van der Waals surface area contributed by atoms with Crippen LogP contribution in [0.15, 0.2) is 78.4 Å². The van der Waals surface area contributed by atoms with E-state index in [2.05, 4.69) is 0 Å². The molecule has 1 atom stereocenters. The van der Waals surface area contributed by atoms with E-state index in [1.807, 2.05) is 0 Å². The van der Waals surface area contributed by atoms with Gasteiger partial charge in [0, 0.05) is 11.3 Å². The quantitative estimate of drug-likeness (QED) is 0.242. The van der Waals surface area contributed by atoms with Crippen LogP contribution < -0.4 is 9.64 Å². The summed E-state index contributed by atoms with van der Waals surface area (Å²) in [4.78, 5) is 39.6. The largest absolute Gasteiger partial charge is 0.507 e. The van der Waals surface area contributed by atoms with Gasteiger partial charge < -0.3 is 14.6 Å². The van der Waals surface area contributed by atoms with Crippen LogP contribution in [0.1, 0.15) is 34.5 Å². The van der Waals surface area contributed by atoms with Gasteiger partial charge in [-0.3, -0.25) is 14.5 Å². The molecular formula is C27H22FNO6. The minimum Gasteiger partial charge on any atom is -0.507 e. The summed E-state index contributed by atoms with van der Waals surface area (Å²) in [6.45, 7) is 1.91. The number of benzene rings is 3. The smallest absolute Gasteiger partial charge is 0.338 e. The third-order valence-corrected chi connectivity index (χ3v) is 5.65. The number of nitrogens with zero attached hydrogens (tertiary/aromatic N) is 1. The van der Waals surface area contributed by atoms with Gasteiger partial charge in [0.05, 0.1) is 30.9 Å². The molecule has 4 rings (SSSR count). The van der Waals surface area contributed by atoms with Gasteiger partial charge in [-0.2, -0.15) is 0 Å². The van der Waals surface area contributed by atoms with Gasteiger partial charge >= 0.3 is 5.97 Å². The third kappa shape index (κ3) is 4.50. The zero-order valence-corrected chi connectivity index (χ0v) is 19.0. The Labute approximate surface area is 201 Å². The maximum Gasteiger partial charge on any atom is 0.338 e. The Morgan fingerprint density at radius 3 is 2.11 bits per heavy atom. The summed E-state index contributed by atoms with van der Waals surface area (Å²) in [5, 5.41) is 11.1. The topological polar surface area (TPSA) is 93.1 Å². The Morgan fingerprint density at radius 1 is 0.943 bits per heavy atom. The molecule has 0 aromatic heterocycles. The number of carbonyl (C=O) groups is 3. The molecule has 3 aromatic rings. The lowest BCUT2D eigenvalue weighted by Crippen LogP contribution is -2.29. The molecule has 35 heavy (non-hydrogen) atoms. The van der Waals surface area contributed by atoms with E-state index in [0.29, 0.717) is 22.6 Å². The van der Waals surface area contributed by atoms with Gasteiger partial charge in [0.2, 0.25) is 0 Å². The predicted molar refractivity (Wildman–Crippen MR) is 127 cm³/mol. The minimum atomic E-state index is -1.02. The first kappa shape index (κ1) is 23.7. The van der Waals surface area contributed by atoms with E-state index >= 15 is 0 Å². The monoisotopic (exact) mass is 475 g/mol. The predicted octanol–water partition coefficient (Wildman–Crippen LogP) is 4.64. The second-order valence-corrected chi connectivity index (χ2v) is 7.72. The molecule has 0 spiro atoms.